The van der Waals surface area contributed by atoms with E-state index in [1.54, 1.807) is 12.1 Å². The molecule has 78 valence electrons. The summed E-state index contributed by atoms with van der Waals surface area (Å²) < 4.78 is 27.4. The van der Waals surface area contributed by atoms with Crippen molar-refractivity contribution in [2.45, 2.75) is 25.2 Å². The summed E-state index contributed by atoms with van der Waals surface area (Å²) >= 11 is 0. The van der Waals surface area contributed by atoms with Crippen molar-refractivity contribution in [2.75, 3.05) is 7.11 Å². The molecule has 0 atom stereocenters. The number of rotatable bonds is 3. The zero-order valence-electron chi connectivity index (χ0n) is 8.57. The van der Waals surface area contributed by atoms with Gasteiger partial charge in [0.1, 0.15) is 0 Å². The fourth-order valence-corrected chi connectivity index (χ4v) is 2.26. The maximum Gasteiger partial charge on any atom is 0.296 e. The highest BCUT2D eigenvalue weighted by atomic mass is 32.2. The Hall–Kier alpha value is -0.870. The van der Waals surface area contributed by atoms with E-state index in [-0.39, 0.29) is 4.90 Å². The van der Waals surface area contributed by atoms with E-state index >= 15 is 0 Å². The third-order valence-electron chi connectivity index (χ3n) is 2.09. The lowest BCUT2D eigenvalue weighted by Gasteiger charge is -2.07. The smallest absolute Gasteiger partial charge is 0.270 e. The van der Waals surface area contributed by atoms with Crippen molar-refractivity contribution in [1.29, 1.82) is 0 Å². The van der Waals surface area contributed by atoms with Crippen LogP contribution in [0.1, 0.15) is 18.1 Å². The Labute approximate surface area is 84.8 Å². The molecule has 0 N–H and O–H groups in total. The molecule has 0 aliphatic rings. The third kappa shape index (κ3) is 2.13. The molecule has 0 bridgehead atoms. The van der Waals surface area contributed by atoms with Crippen molar-refractivity contribution in [1.82, 2.24) is 0 Å². The highest BCUT2D eigenvalue weighted by Gasteiger charge is 2.16. The van der Waals surface area contributed by atoms with Gasteiger partial charge < -0.3 is 0 Å². The lowest BCUT2D eigenvalue weighted by Crippen LogP contribution is -2.06. The zero-order valence-corrected chi connectivity index (χ0v) is 9.39. The standard InChI is InChI=1S/C10H14O3S/c1-4-9-7-8(2)5-6-10(9)14(11,12)13-3/h5-7H,4H2,1-3H3. The second-order valence-corrected chi connectivity index (χ2v) is 4.77. The molecule has 14 heavy (non-hydrogen) atoms. The van der Waals surface area contributed by atoms with Gasteiger partial charge in [-0.3, -0.25) is 4.18 Å². The van der Waals surface area contributed by atoms with Gasteiger partial charge in [-0.25, -0.2) is 0 Å². The molecule has 0 aliphatic carbocycles. The summed E-state index contributed by atoms with van der Waals surface area (Å²) in [6.07, 6.45) is 0.680. The van der Waals surface area contributed by atoms with E-state index in [0.717, 1.165) is 11.1 Å². The second kappa shape index (κ2) is 4.11. The van der Waals surface area contributed by atoms with Crippen LogP contribution in [0.3, 0.4) is 0 Å². The topological polar surface area (TPSA) is 43.4 Å². The number of hydrogen-bond donors (Lipinski definition) is 0. The fraction of sp³-hybridized carbons (Fsp3) is 0.400. The molecule has 0 aromatic heterocycles. The Morgan fingerprint density at radius 1 is 1.36 bits per heavy atom. The van der Waals surface area contributed by atoms with Gasteiger partial charge in [-0.1, -0.05) is 24.6 Å². The van der Waals surface area contributed by atoms with Crippen LogP contribution in [-0.4, -0.2) is 15.5 Å². The lowest BCUT2D eigenvalue weighted by molar-refractivity contribution is 0.397. The van der Waals surface area contributed by atoms with E-state index < -0.39 is 10.1 Å². The van der Waals surface area contributed by atoms with E-state index in [2.05, 4.69) is 4.18 Å². The van der Waals surface area contributed by atoms with Crippen LogP contribution in [0.5, 0.6) is 0 Å². The van der Waals surface area contributed by atoms with E-state index in [0.29, 0.717) is 6.42 Å². The van der Waals surface area contributed by atoms with Crippen LogP contribution in [0.4, 0.5) is 0 Å². The molecule has 0 heterocycles. The molecule has 0 aliphatic heterocycles. The average molecular weight is 214 g/mol. The minimum Gasteiger partial charge on any atom is -0.270 e. The average Bonchev–Trinajstić information content (AvgIpc) is 2.17. The SMILES string of the molecule is CCc1cc(C)ccc1S(=O)(=O)OC. The van der Waals surface area contributed by atoms with Crippen molar-refractivity contribution in [3.8, 4) is 0 Å². The molecular formula is C10H14O3S. The molecule has 4 heteroatoms. The molecule has 0 spiro atoms. The van der Waals surface area contributed by atoms with Gasteiger partial charge in [0.05, 0.1) is 12.0 Å². The monoisotopic (exact) mass is 214 g/mol. The Morgan fingerprint density at radius 3 is 2.50 bits per heavy atom. The largest absolute Gasteiger partial charge is 0.296 e. The molecule has 1 aromatic rings. The van der Waals surface area contributed by atoms with Gasteiger partial charge >= 0.3 is 0 Å². The first kappa shape index (κ1) is 11.2. The van der Waals surface area contributed by atoms with E-state index in [4.69, 9.17) is 0 Å². The fourth-order valence-electron chi connectivity index (χ4n) is 1.32. The molecule has 0 saturated heterocycles. The molecule has 1 rings (SSSR count). The number of benzene rings is 1. The molecule has 0 saturated carbocycles. The Balaban J connectivity index is 3.35. The highest BCUT2D eigenvalue weighted by molar-refractivity contribution is 7.86. The van der Waals surface area contributed by atoms with Crippen molar-refractivity contribution in [3.63, 3.8) is 0 Å². The Morgan fingerprint density at radius 2 is 2.00 bits per heavy atom. The molecule has 0 fully saturated rings. The zero-order chi connectivity index (χ0) is 10.8. The quantitative estimate of drug-likeness (QED) is 0.722. The van der Waals surface area contributed by atoms with Crippen molar-refractivity contribution in [3.05, 3.63) is 29.3 Å². The summed E-state index contributed by atoms with van der Waals surface area (Å²) in [5.41, 5.74) is 1.85. The Bertz CT molecular complexity index is 421. The minimum absolute atomic E-state index is 0.271. The van der Waals surface area contributed by atoms with Gasteiger partial charge in [0, 0.05) is 0 Å². The summed E-state index contributed by atoms with van der Waals surface area (Å²) in [6, 6.07) is 5.23. The summed E-state index contributed by atoms with van der Waals surface area (Å²) in [5, 5.41) is 0. The van der Waals surface area contributed by atoms with Crippen molar-refractivity contribution in [2.24, 2.45) is 0 Å². The maximum atomic E-state index is 11.5. The predicted molar refractivity (Wildman–Crippen MR) is 54.8 cm³/mol. The van der Waals surface area contributed by atoms with Crippen LogP contribution in [0.2, 0.25) is 0 Å². The van der Waals surface area contributed by atoms with Gasteiger partial charge in [-0.2, -0.15) is 8.42 Å². The second-order valence-electron chi connectivity index (χ2n) is 3.09. The first-order valence-corrected chi connectivity index (χ1v) is 5.82. The first-order valence-electron chi connectivity index (χ1n) is 4.41. The van der Waals surface area contributed by atoms with E-state index in [1.165, 1.54) is 7.11 Å². The van der Waals surface area contributed by atoms with E-state index in [9.17, 15) is 8.42 Å². The number of hydrogen-bond acceptors (Lipinski definition) is 3. The summed E-state index contributed by atoms with van der Waals surface area (Å²) in [5.74, 6) is 0. The van der Waals surface area contributed by atoms with Crippen LogP contribution < -0.4 is 0 Å². The van der Waals surface area contributed by atoms with Crippen LogP contribution >= 0.6 is 0 Å². The van der Waals surface area contributed by atoms with Crippen LogP contribution in [0.15, 0.2) is 23.1 Å². The van der Waals surface area contributed by atoms with Crippen LogP contribution in [0, 0.1) is 6.92 Å². The normalized spacial score (nSPS) is 11.6. The molecule has 0 amide bonds. The van der Waals surface area contributed by atoms with Gasteiger partial charge in [0.2, 0.25) is 0 Å². The maximum absolute atomic E-state index is 11.5. The van der Waals surface area contributed by atoms with Gasteiger partial charge in [0.15, 0.2) is 0 Å². The predicted octanol–water partition coefficient (Wildman–Crippen LogP) is 1.89. The summed E-state index contributed by atoms with van der Waals surface area (Å²) in [4.78, 5) is 0.271. The minimum atomic E-state index is -3.56. The van der Waals surface area contributed by atoms with E-state index in [1.807, 2.05) is 19.9 Å². The number of aryl methyl sites for hydroxylation is 2. The summed E-state index contributed by atoms with van der Waals surface area (Å²) in [6.45, 7) is 3.85. The highest BCUT2D eigenvalue weighted by Crippen LogP contribution is 2.19. The molecule has 1 aromatic carbocycles. The molecule has 0 radical (unpaired) electrons. The van der Waals surface area contributed by atoms with Crippen LogP contribution in [0.25, 0.3) is 0 Å². The first-order chi connectivity index (χ1) is 6.51. The molecule has 0 unspecified atom stereocenters. The molecular weight excluding hydrogens is 200 g/mol. The lowest BCUT2D eigenvalue weighted by atomic mass is 10.1. The third-order valence-corrected chi connectivity index (χ3v) is 3.46. The van der Waals surface area contributed by atoms with Crippen molar-refractivity contribution >= 4 is 10.1 Å². The van der Waals surface area contributed by atoms with Crippen LogP contribution in [-0.2, 0) is 20.7 Å². The van der Waals surface area contributed by atoms with Gasteiger partial charge in [-0.05, 0) is 25.0 Å². The van der Waals surface area contributed by atoms with Crippen molar-refractivity contribution < 1.29 is 12.6 Å². The molecule has 3 nitrogen and oxygen atoms in total. The van der Waals surface area contributed by atoms with Gasteiger partial charge in [0.25, 0.3) is 10.1 Å². The Kier molecular flexibility index (Phi) is 3.29. The van der Waals surface area contributed by atoms with Gasteiger partial charge in [-0.15, -0.1) is 0 Å². The summed E-state index contributed by atoms with van der Waals surface area (Å²) in [7, 11) is -2.38.